The molecule has 3 aromatic rings. The van der Waals surface area contributed by atoms with Gasteiger partial charge in [0.15, 0.2) is 16.3 Å². The lowest BCUT2D eigenvalue weighted by molar-refractivity contribution is -0.139. The Morgan fingerprint density at radius 3 is 2.54 bits per heavy atom. The van der Waals surface area contributed by atoms with Gasteiger partial charge in [-0.25, -0.2) is 9.79 Å². The second kappa shape index (κ2) is 11.7. The van der Waals surface area contributed by atoms with Crippen LogP contribution in [-0.4, -0.2) is 36.3 Å². The maximum Gasteiger partial charge on any atom is 0.338 e. The topological polar surface area (TPSA) is 105 Å². The highest BCUT2D eigenvalue weighted by Gasteiger charge is 2.35. The van der Waals surface area contributed by atoms with Crippen molar-refractivity contribution in [3.63, 3.8) is 0 Å². The third-order valence-electron chi connectivity index (χ3n) is 5.83. The molecule has 10 heteroatoms. The second-order valence-electron chi connectivity index (χ2n) is 9.01. The van der Waals surface area contributed by atoms with Crippen molar-refractivity contribution in [3.05, 3.63) is 84.5 Å². The summed E-state index contributed by atoms with van der Waals surface area (Å²) in [4.78, 5) is 43.5. The van der Waals surface area contributed by atoms with Gasteiger partial charge >= 0.3 is 11.9 Å². The zero-order chi connectivity index (χ0) is 28.3. The predicted molar refractivity (Wildman–Crippen MR) is 147 cm³/mol. The molecular weight excluding hydrogens is 520 g/mol. The largest absolute Gasteiger partial charge is 0.493 e. The number of hydrogen-bond donors (Lipinski definition) is 0. The van der Waals surface area contributed by atoms with Crippen LogP contribution in [0.25, 0.3) is 6.08 Å². The van der Waals surface area contributed by atoms with Crippen LogP contribution < -0.4 is 29.1 Å². The maximum atomic E-state index is 13.9. The van der Waals surface area contributed by atoms with E-state index in [0.29, 0.717) is 37.7 Å². The summed E-state index contributed by atoms with van der Waals surface area (Å²) in [5.74, 6) is 0.186. The number of ether oxygens (including phenoxy) is 4. The molecule has 204 valence electrons. The quantitative estimate of drug-likeness (QED) is 0.312. The molecular formula is C29H30N2O7S. The zero-order valence-corrected chi connectivity index (χ0v) is 23.5. The van der Waals surface area contributed by atoms with Gasteiger partial charge in [0, 0.05) is 12.5 Å². The molecule has 4 rings (SSSR count). The van der Waals surface area contributed by atoms with Crippen molar-refractivity contribution in [2.75, 3.05) is 13.7 Å². The summed E-state index contributed by atoms with van der Waals surface area (Å²) >= 11 is 1.21. The fourth-order valence-corrected chi connectivity index (χ4v) is 5.36. The second-order valence-corrected chi connectivity index (χ2v) is 10.0. The van der Waals surface area contributed by atoms with E-state index in [9.17, 15) is 14.4 Å². The van der Waals surface area contributed by atoms with E-state index in [1.165, 1.54) is 29.9 Å². The number of esters is 2. The van der Waals surface area contributed by atoms with Crippen molar-refractivity contribution < 1.29 is 28.5 Å². The van der Waals surface area contributed by atoms with Crippen LogP contribution in [0.2, 0.25) is 0 Å². The van der Waals surface area contributed by atoms with Crippen molar-refractivity contribution in [2.45, 2.75) is 46.8 Å². The number of para-hydroxylation sites is 1. The van der Waals surface area contributed by atoms with Crippen molar-refractivity contribution >= 4 is 29.4 Å². The van der Waals surface area contributed by atoms with Crippen LogP contribution in [0.3, 0.4) is 0 Å². The Balaban J connectivity index is 1.93. The summed E-state index contributed by atoms with van der Waals surface area (Å²) in [5.41, 5.74) is 1.75. The smallest absolute Gasteiger partial charge is 0.338 e. The van der Waals surface area contributed by atoms with Gasteiger partial charge in [-0.05, 0) is 57.5 Å². The number of carbonyl (C=O) groups is 2. The van der Waals surface area contributed by atoms with Gasteiger partial charge in [-0.2, -0.15) is 0 Å². The maximum absolute atomic E-state index is 13.9. The average Bonchev–Trinajstić information content (AvgIpc) is 3.18. The van der Waals surface area contributed by atoms with E-state index in [2.05, 4.69) is 4.99 Å². The number of rotatable bonds is 8. The van der Waals surface area contributed by atoms with Gasteiger partial charge in [-0.1, -0.05) is 35.6 Å². The molecule has 9 nitrogen and oxygen atoms in total. The summed E-state index contributed by atoms with van der Waals surface area (Å²) in [6.45, 7) is 8.78. The molecule has 0 fully saturated rings. The summed E-state index contributed by atoms with van der Waals surface area (Å²) in [7, 11) is 1.47. The number of benzene rings is 2. The minimum Gasteiger partial charge on any atom is -0.493 e. The molecule has 2 heterocycles. The van der Waals surface area contributed by atoms with Gasteiger partial charge in [0.2, 0.25) is 0 Å². The molecule has 0 saturated heterocycles. The zero-order valence-electron chi connectivity index (χ0n) is 22.6. The van der Waals surface area contributed by atoms with Crippen LogP contribution in [0, 0.1) is 0 Å². The molecule has 0 amide bonds. The first-order valence-corrected chi connectivity index (χ1v) is 13.3. The molecule has 0 spiro atoms. The first kappa shape index (κ1) is 27.8. The van der Waals surface area contributed by atoms with Crippen LogP contribution in [0.4, 0.5) is 0 Å². The minimum absolute atomic E-state index is 0.122. The molecule has 0 radical (unpaired) electrons. The van der Waals surface area contributed by atoms with E-state index in [1.807, 2.05) is 38.1 Å². The molecule has 0 aliphatic carbocycles. The van der Waals surface area contributed by atoms with E-state index in [1.54, 1.807) is 38.1 Å². The number of fused-ring (bicyclic) bond motifs is 1. The normalized spacial score (nSPS) is 15.1. The number of nitrogens with zero attached hydrogens (tertiary/aromatic N) is 2. The standard InChI is InChI=1S/C29H30N2O7S/c1-7-36-28(34)25-17(4)30-29-31(26(25)20-10-8-9-11-21(20)37-16(2)3)27(33)24(39-29)15-19-12-13-22(38-18(5)32)23(14-19)35-6/h8-16,26H,7H2,1-6H3/b24-15-/t26-/m1/s1. The average molecular weight is 551 g/mol. The van der Waals surface area contributed by atoms with Gasteiger partial charge in [0.1, 0.15) is 11.8 Å². The van der Waals surface area contributed by atoms with E-state index in [4.69, 9.17) is 18.9 Å². The lowest BCUT2D eigenvalue weighted by Crippen LogP contribution is -2.40. The number of thiazole rings is 1. The van der Waals surface area contributed by atoms with E-state index in [0.717, 1.165) is 0 Å². The number of carbonyl (C=O) groups excluding carboxylic acids is 2. The van der Waals surface area contributed by atoms with Crippen molar-refractivity contribution in [2.24, 2.45) is 4.99 Å². The van der Waals surface area contributed by atoms with Gasteiger partial charge in [0.25, 0.3) is 5.56 Å². The molecule has 1 aromatic heterocycles. The Kier molecular flexibility index (Phi) is 8.35. The highest BCUT2D eigenvalue weighted by molar-refractivity contribution is 7.07. The summed E-state index contributed by atoms with van der Waals surface area (Å²) < 4.78 is 23.9. The predicted octanol–water partition coefficient (Wildman–Crippen LogP) is 3.52. The van der Waals surface area contributed by atoms with Crippen molar-refractivity contribution in [1.29, 1.82) is 0 Å². The number of methoxy groups -OCH3 is 1. The highest BCUT2D eigenvalue weighted by atomic mass is 32.1. The lowest BCUT2D eigenvalue weighted by atomic mass is 9.95. The molecule has 0 saturated carbocycles. The van der Waals surface area contributed by atoms with E-state index < -0.39 is 18.0 Å². The first-order valence-electron chi connectivity index (χ1n) is 12.5. The summed E-state index contributed by atoms with van der Waals surface area (Å²) in [6, 6.07) is 11.6. The minimum atomic E-state index is -0.793. The number of allylic oxidation sites excluding steroid dienone is 1. The fraction of sp³-hybridized carbons (Fsp3) is 0.310. The molecule has 39 heavy (non-hydrogen) atoms. The van der Waals surface area contributed by atoms with Crippen LogP contribution in [-0.2, 0) is 14.3 Å². The highest BCUT2D eigenvalue weighted by Crippen LogP contribution is 2.36. The van der Waals surface area contributed by atoms with Crippen LogP contribution >= 0.6 is 11.3 Å². The Bertz CT molecular complexity index is 1630. The van der Waals surface area contributed by atoms with Crippen molar-refractivity contribution in [1.82, 2.24) is 4.57 Å². The number of hydrogen-bond acceptors (Lipinski definition) is 9. The molecule has 1 aliphatic rings. The first-order chi connectivity index (χ1) is 18.6. The van der Waals surface area contributed by atoms with Gasteiger partial charge in [0.05, 0.1) is 35.6 Å². The monoisotopic (exact) mass is 550 g/mol. The Morgan fingerprint density at radius 1 is 1.13 bits per heavy atom. The van der Waals surface area contributed by atoms with Gasteiger partial charge < -0.3 is 18.9 Å². The van der Waals surface area contributed by atoms with E-state index >= 15 is 0 Å². The van der Waals surface area contributed by atoms with Crippen LogP contribution in [0.1, 0.15) is 51.8 Å². The molecule has 0 unspecified atom stereocenters. The van der Waals surface area contributed by atoms with Gasteiger partial charge in [-0.3, -0.25) is 14.2 Å². The fourth-order valence-electron chi connectivity index (χ4n) is 4.32. The molecule has 1 aliphatic heterocycles. The SMILES string of the molecule is CCOC(=O)C1=C(C)N=c2s/c(=C\c3ccc(OC(C)=O)c(OC)c3)c(=O)n2[C@@H]1c1ccccc1OC(C)C. The summed E-state index contributed by atoms with van der Waals surface area (Å²) in [5, 5.41) is 0. The molecule has 0 N–H and O–H groups in total. The number of aromatic nitrogens is 1. The van der Waals surface area contributed by atoms with Crippen molar-refractivity contribution in [3.8, 4) is 17.2 Å². The molecule has 0 bridgehead atoms. The van der Waals surface area contributed by atoms with Gasteiger partial charge in [-0.15, -0.1) is 0 Å². The Labute approximate surface area is 229 Å². The van der Waals surface area contributed by atoms with Crippen LogP contribution in [0.5, 0.6) is 17.2 Å². The Hall–Kier alpha value is -4.18. The lowest BCUT2D eigenvalue weighted by Gasteiger charge is -2.26. The molecule has 2 aromatic carbocycles. The third kappa shape index (κ3) is 5.80. The molecule has 1 atom stereocenters. The Morgan fingerprint density at radius 2 is 1.87 bits per heavy atom. The van der Waals surface area contributed by atoms with E-state index in [-0.39, 0.29) is 29.6 Å². The van der Waals surface area contributed by atoms with Crippen LogP contribution in [0.15, 0.2) is 63.5 Å². The summed E-state index contributed by atoms with van der Waals surface area (Å²) in [6.07, 6.45) is 1.59. The third-order valence-corrected chi connectivity index (χ3v) is 6.82.